The van der Waals surface area contributed by atoms with Crippen molar-refractivity contribution in [1.82, 2.24) is 9.78 Å². The highest BCUT2D eigenvalue weighted by Gasteiger charge is 2.17. The van der Waals surface area contributed by atoms with Gasteiger partial charge in [-0.25, -0.2) is 8.78 Å². The summed E-state index contributed by atoms with van der Waals surface area (Å²) in [5.41, 5.74) is 0.136. The summed E-state index contributed by atoms with van der Waals surface area (Å²) in [5.74, 6) is -2.26. The highest BCUT2D eigenvalue weighted by molar-refractivity contribution is 5.97. The number of halogens is 2. The second kappa shape index (κ2) is 4.45. The molecule has 0 aliphatic heterocycles. The largest absolute Gasteiger partial charge is 0.294 e. The molecule has 1 aromatic carbocycles. The summed E-state index contributed by atoms with van der Waals surface area (Å²) in [6.07, 6.45) is 3.07. The van der Waals surface area contributed by atoms with Crippen LogP contribution in [0, 0.1) is 11.6 Å². The number of aromatic nitrogens is 2. The maximum atomic E-state index is 13.3. The Bertz CT molecular complexity index is 543. The van der Waals surface area contributed by atoms with Crippen molar-refractivity contribution < 1.29 is 13.6 Å². The van der Waals surface area contributed by atoms with Crippen LogP contribution < -0.4 is 0 Å². The molecule has 0 radical (unpaired) electrons. The van der Waals surface area contributed by atoms with E-state index in [9.17, 15) is 13.6 Å². The van der Waals surface area contributed by atoms with E-state index < -0.39 is 23.0 Å². The van der Waals surface area contributed by atoms with Gasteiger partial charge >= 0.3 is 0 Å². The molecule has 17 heavy (non-hydrogen) atoms. The van der Waals surface area contributed by atoms with E-state index in [1.54, 1.807) is 13.2 Å². The van der Waals surface area contributed by atoms with Gasteiger partial charge in [0.15, 0.2) is 5.78 Å². The number of rotatable bonds is 3. The lowest BCUT2D eigenvalue weighted by Crippen LogP contribution is -2.08. The fraction of sp³-hybridized carbons (Fsp3) is 0.167. The van der Waals surface area contributed by atoms with Crippen molar-refractivity contribution in [3.63, 3.8) is 0 Å². The summed E-state index contributed by atoms with van der Waals surface area (Å²) in [6, 6.07) is 3.37. The van der Waals surface area contributed by atoms with Gasteiger partial charge in [-0.2, -0.15) is 5.10 Å². The van der Waals surface area contributed by atoms with Gasteiger partial charge in [-0.05, 0) is 17.7 Å². The van der Waals surface area contributed by atoms with Crippen molar-refractivity contribution in [2.75, 3.05) is 0 Å². The van der Waals surface area contributed by atoms with Gasteiger partial charge in [0.2, 0.25) is 0 Å². The van der Waals surface area contributed by atoms with Crippen molar-refractivity contribution in [1.29, 1.82) is 0 Å². The first-order chi connectivity index (χ1) is 8.08. The predicted molar refractivity (Wildman–Crippen MR) is 57.6 cm³/mol. The van der Waals surface area contributed by atoms with Crippen LogP contribution in [-0.2, 0) is 13.5 Å². The zero-order valence-electron chi connectivity index (χ0n) is 9.15. The van der Waals surface area contributed by atoms with E-state index in [1.807, 2.05) is 0 Å². The second-order valence-corrected chi connectivity index (χ2v) is 3.72. The standard InChI is InChI=1S/C12H10F2N2O/c1-16-7-8(6-15-16)5-11(17)12-9(13)3-2-4-10(12)14/h2-4,6-7H,5H2,1H3. The number of hydrogen-bond acceptors (Lipinski definition) is 2. The fourth-order valence-electron chi connectivity index (χ4n) is 1.60. The molecule has 0 spiro atoms. The third-order valence-electron chi connectivity index (χ3n) is 2.36. The molecular weight excluding hydrogens is 226 g/mol. The number of hydrogen-bond donors (Lipinski definition) is 0. The molecule has 0 aliphatic carbocycles. The van der Waals surface area contributed by atoms with E-state index in [4.69, 9.17) is 0 Å². The Balaban J connectivity index is 2.26. The molecule has 0 saturated carbocycles. The maximum absolute atomic E-state index is 13.3. The lowest BCUT2D eigenvalue weighted by atomic mass is 10.0. The third kappa shape index (κ3) is 2.38. The molecule has 2 rings (SSSR count). The van der Waals surface area contributed by atoms with Crippen LogP contribution in [0.1, 0.15) is 15.9 Å². The molecule has 5 heteroatoms. The Labute approximate surface area is 96.7 Å². The zero-order valence-corrected chi connectivity index (χ0v) is 9.15. The minimum absolute atomic E-state index is 0.0638. The van der Waals surface area contributed by atoms with E-state index in [0.717, 1.165) is 12.1 Å². The molecule has 0 aliphatic rings. The lowest BCUT2D eigenvalue weighted by molar-refractivity contribution is 0.0985. The van der Waals surface area contributed by atoms with Crippen molar-refractivity contribution in [2.45, 2.75) is 6.42 Å². The van der Waals surface area contributed by atoms with Crippen molar-refractivity contribution in [3.8, 4) is 0 Å². The van der Waals surface area contributed by atoms with Crippen LogP contribution in [0.3, 0.4) is 0 Å². The first kappa shape index (κ1) is 11.4. The lowest BCUT2D eigenvalue weighted by Gasteiger charge is -2.02. The van der Waals surface area contributed by atoms with Crippen molar-refractivity contribution >= 4 is 5.78 Å². The van der Waals surface area contributed by atoms with Crippen LogP contribution in [0.15, 0.2) is 30.6 Å². The van der Waals surface area contributed by atoms with E-state index in [-0.39, 0.29) is 6.42 Å². The molecule has 0 fully saturated rings. The van der Waals surface area contributed by atoms with Gasteiger partial charge in [0, 0.05) is 19.7 Å². The van der Waals surface area contributed by atoms with Gasteiger partial charge in [0.05, 0.1) is 11.8 Å². The van der Waals surface area contributed by atoms with Crippen molar-refractivity contribution in [3.05, 3.63) is 53.4 Å². The number of aryl methyl sites for hydroxylation is 1. The second-order valence-electron chi connectivity index (χ2n) is 3.72. The van der Waals surface area contributed by atoms with Crippen LogP contribution in [0.25, 0.3) is 0 Å². The van der Waals surface area contributed by atoms with Crippen LogP contribution in [0.5, 0.6) is 0 Å². The van der Waals surface area contributed by atoms with E-state index >= 15 is 0 Å². The number of ketones is 1. The monoisotopic (exact) mass is 236 g/mol. The van der Waals surface area contributed by atoms with E-state index in [2.05, 4.69) is 5.10 Å². The van der Waals surface area contributed by atoms with Crippen molar-refractivity contribution in [2.24, 2.45) is 7.05 Å². The predicted octanol–water partition coefficient (Wildman–Crippen LogP) is 2.12. The highest BCUT2D eigenvalue weighted by atomic mass is 19.1. The number of carbonyl (C=O) groups is 1. The maximum Gasteiger partial charge on any atom is 0.173 e. The van der Waals surface area contributed by atoms with Gasteiger partial charge in [-0.1, -0.05) is 6.07 Å². The summed E-state index contributed by atoms with van der Waals surface area (Å²) in [6.45, 7) is 0. The Kier molecular flexibility index (Phi) is 2.99. The number of nitrogens with zero attached hydrogens (tertiary/aromatic N) is 2. The molecule has 1 aromatic heterocycles. The molecule has 0 atom stereocenters. The van der Waals surface area contributed by atoms with Gasteiger partial charge in [-0.3, -0.25) is 9.48 Å². The molecular formula is C12H10F2N2O. The van der Waals surface area contributed by atoms with Gasteiger partial charge in [0.1, 0.15) is 11.6 Å². The normalized spacial score (nSPS) is 10.5. The molecule has 0 saturated heterocycles. The number of carbonyl (C=O) groups excluding carboxylic acids is 1. The average molecular weight is 236 g/mol. The SMILES string of the molecule is Cn1cc(CC(=O)c2c(F)cccc2F)cn1. The summed E-state index contributed by atoms with van der Waals surface area (Å²) in [5, 5.41) is 3.89. The highest BCUT2D eigenvalue weighted by Crippen LogP contribution is 2.15. The zero-order chi connectivity index (χ0) is 12.4. The van der Waals surface area contributed by atoms with Crippen LogP contribution in [0.4, 0.5) is 8.78 Å². The molecule has 2 aromatic rings. The van der Waals surface area contributed by atoms with Crippen LogP contribution in [-0.4, -0.2) is 15.6 Å². The Hall–Kier alpha value is -2.04. The summed E-state index contributed by atoms with van der Waals surface area (Å²) < 4.78 is 28.2. The fourth-order valence-corrected chi connectivity index (χ4v) is 1.60. The third-order valence-corrected chi connectivity index (χ3v) is 2.36. The first-order valence-corrected chi connectivity index (χ1v) is 5.02. The van der Waals surface area contributed by atoms with Gasteiger partial charge in [-0.15, -0.1) is 0 Å². The molecule has 0 N–H and O–H groups in total. The quantitative estimate of drug-likeness (QED) is 0.765. The van der Waals surface area contributed by atoms with E-state index in [1.165, 1.54) is 16.9 Å². The molecule has 3 nitrogen and oxygen atoms in total. The average Bonchev–Trinajstić information content (AvgIpc) is 2.63. The number of Topliss-reactive ketones (excluding diaryl/α,β-unsaturated/α-hetero) is 1. The van der Waals surface area contributed by atoms with Crippen LogP contribution >= 0.6 is 0 Å². The molecule has 0 bridgehead atoms. The molecule has 0 amide bonds. The minimum atomic E-state index is -0.834. The number of benzene rings is 1. The summed E-state index contributed by atoms with van der Waals surface area (Å²) in [7, 11) is 1.71. The van der Waals surface area contributed by atoms with E-state index in [0.29, 0.717) is 5.56 Å². The van der Waals surface area contributed by atoms with Gasteiger partial charge < -0.3 is 0 Å². The molecule has 0 unspecified atom stereocenters. The Morgan fingerprint density at radius 3 is 2.53 bits per heavy atom. The van der Waals surface area contributed by atoms with Gasteiger partial charge in [0.25, 0.3) is 0 Å². The molecule has 88 valence electrons. The topological polar surface area (TPSA) is 34.9 Å². The summed E-state index contributed by atoms with van der Waals surface area (Å²) in [4.78, 5) is 11.7. The Morgan fingerprint density at radius 2 is 2.00 bits per heavy atom. The minimum Gasteiger partial charge on any atom is -0.294 e. The molecule has 1 heterocycles. The smallest absolute Gasteiger partial charge is 0.173 e. The first-order valence-electron chi connectivity index (χ1n) is 5.02. The summed E-state index contributed by atoms with van der Waals surface area (Å²) >= 11 is 0. The van der Waals surface area contributed by atoms with Crippen LogP contribution in [0.2, 0.25) is 0 Å². The Morgan fingerprint density at radius 1 is 1.35 bits per heavy atom.